The number of halogens is 3. The second kappa shape index (κ2) is 8.40. The van der Waals surface area contributed by atoms with Gasteiger partial charge in [0, 0.05) is 29.4 Å². The van der Waals surface area contributed by atoms with Crippen LogP contribution in [0.3, 0.4) is 0 Å². The smallest absolute Gasteiger partial charge is 0.269 e. The summed E-state index contributed by atoms with van der Waals surface area (Å²) in [5, 5.41) is 3.97. The molecule has 1 N–H and O–H groups in total. The van der Waals surface area contributed by atoms with Crippen molar-refractivity contribution >= 4 is 40.7 Å². The van der Waals surface area contributed by atoms with E-state index in [-0.39, 0.29) is 17.9 Å². The number of nitrogens with one attached hydrogen (secondary N) is 1. The van der Waals surface area contributed by atoms with E-state index in [1.165, 1.54) is 18.0 Å². The second-order valence-corrected chi connectivity index (χ2v) is 9.43. The highest BCUT2D eigenvalue weighted by atomic mass is 35.5. The molecule has 8 heteroatoms. The molecule has 0 radical (unpaired) electrons. The molecule has 1 fully saturated rings. The van der Waals surface area contributed by atoms with E-state index in [2.05, 4.69) is 10.3 Å². The Balaban J connectivity index is 1.38. The fourth-order valence-corrected chi connectivity index (χ4v) is 4.86. The van der Waals surface area contributed by atoms with Crippen LogP contribution in [0.1, 0.15) is 54.2 Å². The molecule has 164 valence electrons. The predicted octanol–water partition coefficient (Wildman–Crippen LogP) is 5.22. The number of hydrogen-bond acceptors (Lipinski definition) is 3. The first-order chi connectivity index (χ1) is 14.7. The van der Waals surface area contributed by atoms with Gasteiger partial charge in [0.15, 0.2) is 0 Å². The molecule has 1 aromatic carbocycles. The Bertz CT molecular complexity index is 1040. The summed E-state index contributed by atoms with van der Waals surface area (Å²) in [4.78, 5) is 31.0. The van der Waals surface area contributed by atoms with E-state index in [1.807, 2.05) is 0 Å². The molecule has 1 saturated carbocycles. The first-order valence-corrected chi connectivity index (χ1v) is 11.2. The van der Waals surface area contributed by atoms with E-state index in [1.54, 1.807) is 31.2 Å². The molecule has 5 nitrogen and oxygen atoms in total. The standard InChI is InChI=1S/C23H24Cl2FN3O2/c1-13-18(9-16(25)11-27-13)21(30)28-17-6-3-14(4-7-17)12-29-20-10-15(24)5-8-19(20)23(2,26)22(29)31/h5,8-11,14,17H,3-4,6-7,12H2,1-2H3,(H,28,30)/t14?,17?,23-/m1/s1. The highest BCUT2D eigenvalue weighted by Crippen LogP contribution is 2.44. The molecule has 0 unspecified atom stereocenters. The molecule has 0 bridgehead atoms. The van der Waals surface area contributed by atoms with Crippen LogP contribution in [0.5, 0.6) is 0 Å². The minimum absolute atomic E-state index is 0.0459. The zero-order chi connectivity index (χ0) is 22.3. The third-order valence-corrected chi connectivity index (χ3v) is 6.77. The molecule has 4 rings (SSSR count). The van der Waals surface area contributed by atoms with Crippen molar-refractivity contribution in [3.63, 3.8) is 0 Å². The molecule has 31 heavy (non-hydrogen) atoms. The Kier molecular flexibility index (Phi) is 5.97. The van der Waals surface area contributed by atoms with E-state index < -0.39 is 11.6 Å². The summed E-state index contributed by atoms with van der Waals surface area (Å²) in [6, 6.07) is 6.53. The maximum Gasteiger partial charge on any atom is 0.269 e. The molecule has 1 atom stereocenters. The van der Waals surface area contributed by atoms with Crippen molar-refractivity contribution in [3.05, 3.63) is 57.3 Å². The van der Waals surface area contributed by atoms with Crippen LogP contribution < -0.4 is 10.2 Å². The van der Waals surface area contributed by atoms with Crippen molar-refractivity contribution in [2.75, 3.05) is 11.4 Å². The van der Waals surface area contributed by atoms with E-state index in [4.69, 9.17) is 23.2 Å². The Morgan fingerprint density at radius 2 is 1.94 bits per heavy atom. The lowest BCUT2D eigenvalue weighted by Crippen LogP contribution is -2.42. The number of benzene rings is 1. The molecule has 2 aromatic rings. The zero-order valence-electron chi connectivity index (χ0n) is 17.4. The molecule has 0 spiro atoms. The number of carbonyl (C=O) groups is 2. The molecule has 2 aliphatic rings. The van der Waals surface area contributed by atoms with Crippen LogP contribution in [0, 0.1) is 12.8 Å². The van der Waals surface area contributed by atoms with Crippen LogP contribution in [0.25, 0.3) is 0 Å². The first-order valence-electron chi connectivity index (χ1n) is 10.4. The maximum absolute atomic E-state index is 15.1. The Labute approximate surface area is 190 Å². The van der Waals surface area contributed by atoms with E-state index in [9.17, 15) is 9.59 Å². The fourth-order valence-electron chi connectivity index (χ4n) is 4.53. The summed E-state index contributed by atoms with van der Waals surface area (Å²) in [5.74, 6) is -0.487. The summed E-state index contributed by atoms with van der Waals surface area (Å²) in [5.41, 5.74) is 0.00598. The average Bonchev–Trinajstić information content (AvgIpc) is 2.91. The van der Waals surface area contributed by atoms with E-state index in [0.717, 1.165) is 25.7 Å². The van der Waals surface area contributed by atoms with Crippen molar-refractivity contribution in [2.24, 2.45) is 5.92 Å². The molecular weight excluding hydrogens is 440 g/mol. The van der Waals surface area contributed by atoms with Crippen molar-refractivity contribution in [2.45, 2.75) is 51.2 Å². The van der Waals surface area contributed by atoms with Gasteiger partial charge in [0.25, 0.3) is 11.8 Å². The Morgan fingerprint density at radius 3 is 2.65 bits per heavy atom. The summed E-state index contributed by atoms with van der Waals surface area (Å²) >= 11 is 12.1. The van der Waals surface area contributed by atoms with Gasteiger partial charge >= 0.3 is 0 Å². The number of alkyl halides is 1. The van der Waals surface area contributed by atoms with Gasteiger partial charge < -0.3 is 10.2 Å². The average molecular weight is 464 g/mol. The van der Waals surface area contributed by atoms with Gasteiger partial charge in [0.05, 0.1) is 22.0 Å². The predicted molar refractivity (Wildman–Crippen MR) is 119 cm³/mol. The number of aryl methyl sites for hydroxylation is 1. The number of amides is 2. The monoisotopic (exact) mass is 463 g/mol. The zero-order valence-corrected chi connectivity index (χ0v) is 18.9. The van der Waals surface area contributed by atoms with E-state index in [0.29, 0.717) is 39.1 Å². The van der Waals surface area contributed by atoms with Crippen LogP contribution in [-0.4, -0.2) is 29.4 Å². The molecule has 2 amide bonds. The summed E-state index contributed by atoms with van der Waals surface area (Å²) in [6.07, 6.45) is 4.77. The Morgan fingerprint density at radius 1 is 1.23 bits per heavy atom. The highest BCUT2D eigenvalue weighted by molar-refractivity contribution is 6.31. The van der Waals surface area contributed by atoms with Gasteiger partial charge in [-0.1, -0.05) is 29.3 Å². The summed E-state index contributed by atoms with van der Waals surface area (Å²) in [6.45, 7) is 3.53. The molecule has 0 saturated heterocycles. The summed E-state index contributed by atoms with van der Waals surface area (Å²) in [7, 11) is 0. The number of nitrogens with zero attached hydrogens (tertiary/aromatic N) is 2. The van der Waals surface area contributed by atoms with Gasteiger partial charge in [0.1, 0.15) is 0 Å². The number of rotatable bonds is 4. The van der Waals surface area contributed by atoms with Crippen LogP contribution in [0.2, 0.25) is 10.0 Å². The lowest BCUT2D eigenvalue weighted by atomic mass is 9.85. The minimum Gasteiger partial charge on any atom is -0.349 e. The van der Waals surface area contributed by atoms with Gasteiger partial charge in [0.2, 0.25) is 5.67 Å². The topological polar surface area (TPSA) is 62.3 Å². The van der Waals surface area contributed by atoms with Crippen LogP contribution in [0.4, 0.5) is 10.1 Å². The van der Waals surface area contributed by atoms with Gasteiger partial charge in [-0.05, 0) is 63.6 Å². The lowest BCUT2D eigenvalue weighted by molar-refractivity contribution is -0.128. The van der Waals surface area contributed by atoms with E-state index >= 15 is 4.39 Å². The largest absolute Gasteiger partial charge is 0.349 e. The number of fused-ring (bicyclic) bond motifs is 1. The maximum atomic E-state index is 15.1. The SMILES string of the molecule is Cc1ncc(Cl)cc1C(=O)NC1CCC(CN2C(=O)[C@](C)(F)c3ccc(Cl)cc32)CC1. The number of aromatic nitrogens is 1. The second-order valence-electron chi connectivity index (χ2n) is 8.56. The van der Waals surface area contributed by atoms with Crippen molar-refractivity contribution in [3.8, 4) is 0 Å². The van der Waals surface area contributed by atoms with Crippen LogP contribution in [0.15, 0.2) is 30.5 Å². The number of hydrogen-bond donors (Lipinski definition) is 1. The molecule has 1 aromatic heterocycles. The molecular formula is C23H24Cl2FN3O2. The third-order valence-electron chi connectivity index (χ3n) is 6.32. The molecule has 2 heterocycles. The minimum atomic E-state index is -2.03. The molecule has 1 aliphatic carbocycles. The normalized spacial score (nSPS) is 25.5. The van der Waals surface area contributed by atoms with Crippen molar-refractivity contribution in [1.29, 1.82) is 0 Å². The van der Waals surface area contributed by atoms with Gasteiger partial charge in [-0.25, -0.2) is 4.39 Å². The van der Waals surface area contributed by atoms with Crippen LogP contribution >= 0.6 is 23.2 Å². The van der Waals surface area contributed by atoms with Gasteiger partial charge in [-0.2, -0.15) is 0 Å². The number of pyridine rings is 1. The quantitative estimate of drug-likeness (QED) is 0.675. The third kappa shape index (κ3) is 4.28. The molecule has 1 aliphatic heterocycles. The van der Waals surface area contributed by atoms with Gasteiger partial charge in [-0.3, -0.25) is 14.6 Å². The number of anilines is 1. The van der Waals surface area contributed by atoms with Gasteiger partial charge in [-0.15, -0.1) is 0 Å². The first kappa shape index (κ1) is 22.0. The summed E-state index contributed by atoms with van der Waals surface area (Å²) < 4.78 is 15.1. The fraction of sp³-hybridized carbons (Fsp3) is 0.435. The Hall–Kier alpha value is -2.18. The van der Waals surface area contributed by atoms with Crippen molar-refractivity contribution in [1.82, 2.24) is 10.3 Å². The van der Waals surface area contributed by atoms with Crippen molar-refractivity contribution < 1.29 is 14.0 Å². The number of carbonyl (C=O) groups excluding carboxylic acids is 2. The highest BCUT2D eigenvalue weighted by Gasteiger charge is 2.48. The lowest BCUT2D eigenvalue weighted by Gasteiger charge is -2.32. The van der Waals surface area contributed by atoms with Crippen LogP contribution in [-0.2, 0) is 10.5 Å².